The highest BCUT2D eigenvalue weighted by atomic mass is 79.9. The molecule has 1 rings (SSSR count). The molecule has 1 nitrogen and oxygen atoms in total. The van der Waals surface area contributed by atoms with Crippen molar-refractivity contribution >= 4 is 31.9 Å². The van der Waals surface area contributed by atoms with Gasteiger partial charge in [-0.2, -0.15) is 0 Å². The molecule has 3 heteroatoms. The summed E-state index contributed by atoms with van der Waals surface area (Å²) in [7, 11) is 1.68. The standard InChI is InChI=1S/C12H16Br2O/c1-12(2,6-7-13)9-4-5-11(15-3)10(14)8-9/h4-5,8H,6-7H2,1-3H3. The van der Waals surface area contributed by atoms with Gasteiger partial charge in [0.15, 0.2) is 0 Å². The van der Waals surface area contributed by atoms with Crippen molar-refractivity contribution < 1.29 is 4.74 Å². The van der Waals surface area contributed by atoms with Crippen LogP contribution < -0.4 is 4.74 Å². The quantitative estimate of drug-likeness (QED) is 0.735. The van der Waals surface area contributed by atoms with Gasteiger partial charge in [-0.15, -0.1) is 0 Å². The van der Waals surface area contributed by atoms with Gasteiger partial charge in [0, 0.05) is 5.33 Å². The van der Waals surface area contributed by atoms with Crippen molar-refractivity contribution in [2.45, 2.75) is 25.7 Å². The first-order chi connectivity index (χ1) is 7.01. The molecule has 0 saturated heterocycles. The Morgan fingerprint density at radius 2 is 2.00 bits per heavy atom. The smallest absolute Gasteiger partial charge is 0.133 e. The lowest BCUT2D eigenvalue weighted by molar-refractivity contribution is 0.411. The van der Waals surface area contributed by atoms with Gasteiger partial charge in [0.05, 0.1) is 11.6 Å². The molecule has 0 bridgehead atoms. The zero-order chi connectivity index (χ0) is 11.5. The van der Waals surface area contributed by atoms with Gasteiger partial charge in [-0.25, -0.2) is 0 Å². The van der Waals surface area contributed by atoms with E-state index in [1.807, 2.05) is 6.07 Å². The molecule has 0 aliphatic carbocycles. The second-order valence-electron chi connectivity index (χ2n) is 4.17. The van der Waals surface area contributed by atoms with E-state index in [0.717, 1.165) is 22.0 Å². The van der Waals surface area contributed by atoms with Gasteiger partial charge in [-0.1, -0.05) is 35.8 Å². The van der Waals surface area contributed by atoms with Gasteiger partial charge in [0.25, 0.3) is 0 Å². The van der Waals surface area contributed by atoms with E-state index >= 15 is 0 Å². The van der Waals surface area contributed by atoms with E-state index in [-0.39, 0.29) is 5.41 Å². The normalized spacial score (nSPS) is 11.5. The van der Waals surface area contributed by atoms with Crippen LogP contribution in [0.15, 0.2) is 22.7 Å². The average Bonchev–Trinajstić information content (AvgIpc) is 2.17. The number of ether oxygens (including phenoxy) is 1. The van der Waals surface area contributed by atoms with Crippen molar-refractivity contribution in [2.75, 3.05) is 12.4 Å². The molecular weight excluding hydrogens is 320 g/mol. The number of methoxy groups -OCH3 is 1. The number of benzene rings is 1. The highest BCUT2D eigenvalue weighted by molar-refractivity contribution is 9.10. The number of rotatable bonds is 4. The highest BCUT2D eigenvalue weighted by Crippen LogP contribution is 2.33. The Hall–Kier alpha value is -0.0200. The summed E-state index contributed by atoms with van der Waals surface area (Å²) in [5, 5.41) is 1.02. The molecule has 0 spiro atoms. The first kappa shape index (κ1) is 13.0. The Kier molecular flexibility index (Phi) is 4.65. The molecule has 0 aliphatic rings. The topological polar surface area (TPSA) is 9.23 Å². The maximum Gasteiger partial charge on any atom is 0.133 e. The fourth-order valence-electron chi connectivity index (χ4n) is 1.47. The molecular formula is C12H16Br2O. The maximum atomic E-state index is 5.22. The Labute approximate surface area is 108 Å². The van der Waals surface area contributed by atoms with Crippen LogP contribution in [0.5, 0.6) is 5.75 Å². The first-order valence-corrected chi connectivity index (χ1v) is 6.82. The summed E-state index contributed by atoms with van der Waals surface area (Å²) >= 11 is 7.01. The third-order valence-corrected chi connectivity index (χ3v) is 3.67. The minimum absolute atomic E-state index is 0.193. The average molecular weight is 336 g/mol. The largest absolute Gasteiger partial charge is 0.496 e. The Balaban J connectivity index is 3.01. The maximum absolute atomic E-state index is 5.22. The van der Waals surface area contributed by atoms with Crippen LogP contribution in [-0.4, -0.2) is 12.4 Å². The Morgan fingerprint density at radius 3 is 2.47 bits per heavy atom. The van der Waals surface area contributed by atoms with Crippen molar-refractivity contribution in [3.8, 4) is 5.75 Å². The van der Waals surface area contributed by atoms with Gasteiger partial charge < -0.3 is 4.74 Å². The predicted molar refractivity (Wildman–Crippen MR) is 72.1 cm³/mol. The lowest BCUT2D eigenvalue weighted by Crippen LogP contribution is -2.17. The summed E-state index contributed by atoms with van der Waals surface area (Å²) < 4.78 is 6.24. The number of hydrogen-bond donors (Lipinski definition) is 0. The van der Waals surface area contributed by atoms with Crippen LogP contribution in [0.25, 0.3) is 0 Å². The predicted octanol–water partition coefficient (Wildman–Crippen LogP) is 4.52. The monoisotopic (exact) mass is 334 g/mol. The van der Waals surface area contributed by atoms with E-state index in [9.17, 15) is 0 Å². The van der Waals surface area contributed by atoms with Gasteiger partial charge in [-0.05, 0) is 45.5 Å². The van der Waals surface area contributed by atoms with Crippen LogP contribution in [-0.2, 0) is 5.41 Å². The molecule has 0 fully saturated rings. The number of alkyl halides is 1. The van der Waals surface area contributed by atoms with Crippen LogP contribution in [0.2, 0.25) is 0 Å². The Bertz CT molecular complexity index is 334. The molecule has 1 aromatic rings. The second-order valence-corrected chi connectivity index (χ2v) is 5.82. The van der Waals surface area contributed by atoms with Crippen molar-refractivity contribution in [1.82, 2.24) is 0 Å². The summed E-state index contributed by atoms with van der Waals surface area (Å²) in [6.07, 6.45) is 1.12. The van der Waals surface area contributed by atoms with Gasteiger partial charge in [0.1, 0.15) is 5.75 Å². The highest BCUT2D eigenvalue weighted by Gasteiger charge is 2.20. The third kappa shape index (κ3) is 3.22. The number of halogens is 2. The van der Waals surface area contributed by atoms with Crippen LogP contribution in [0.4, 0.5) is 0 Å². The van der Waals surface area contributed by atoms with E-state index in [1.165, 1.54) is 5.56 Å². The molecule has 84 valence electrons. The molecule has 0 aliphatic heterocycles. The third-order valence-electron chi connectivity index (χ3n) is 2.65. The molecule has 0 radical (unpaired) electrons. The van der Waals surface area contributed by atoms with Crippen molar-refractivity contribution in [1.29, 1.82) is 0 Å². The van der Waals surface area contributed by atoms with Crippen LogP contribution in [0.1, 0.15) is 25.8 Å². The summed E-state index contributed by atoms with van der Waals surface area (Å²) in [6, 6.07) is 6.28. The van der Waals surface area contributed by atoms with E-state index in [1.54, 1.807) is 7.11 Å². The molecule has 0 heterocycles. The minimum Gasteiger partial charge on any atom is -0.496 e. The summed E-state index contributed by atoms with van der Waals surface area (Å²) in [6.45, 7) is 4.50. The zero-order valence-electron chi connectivity index (χ0n) is 9.31. The molecule has 0 amide bonds. The van der Waals surface area contributed by atoms with Crippen molar-refractivity contribution in [3.63, 3.8) is 0 Å². The summed E-state index contributed by atoms with van der Waals surface area (Å²) in [5.41, 5.74) is 1.52. The lowest BCUT2D eigenvalue weighted by atomic mass is 9.82. The SMILES string of the molecule is COc1ccc(C(C)(C)CCBr)cc1Br. The summed E-state index contributed by atoms with van der Waals surface area (Å²) in [4.78, 5) is 0. The van der Waals surface area contributed by atoms with Crippen LogP contribution in [0, 0.1) is 0 Å². The summed E-state index contributed by atoms with van der Waals surface area (Å²) in [5.74, 6) is 0.883. The van der Waals surface area contributed by atoms with Crippen LogP contribution in [0.3, 0.4) is 0 Å². The molecule has 1 aromatic carbocycles. The zero-order valence-corrected chi connectivity index (χ0v) is 12.5. The molecule has 0 N–H and O–H groups in total. The minimum atomic E-state index is 0.193. The molecule has 0 saturated carbocycles. The van der Waals surface area contributed by atoms with Gasteiger partial charge in [0.2, 0.25) is 0 Å². The van der Waals surface area contributed by atoms with E-state index in [2.05, 4.69) is 57.8 Å². The van der Waals surface area contributed by atoms with Gasteiger partial charge in [-0.3, -0.25) is 0 Å². The molecule has 15 heavy (non-hydrogen) atoms. The molecule has 0 aromatic heterocycles. The fraction of sp³-hybridized carbons (Fsp3) is 0.500. The number of hydrogen-bond acceptors (Lipinski definition) is 1. The van der Waals surface area contributed by atoms with E-state index < -0.39 is 0 Å². The van der Waals surface area contributed by atoms with Crippen molar-refractivity contribution in [3.05, 3.63) is 28.2 Å². The fourth-order valence-corrected chi connectivity index (χ4v) is 3.00. The van der Waals surface area contributed by atoms with Gasteiger partial charge >= 0.3 is 0 Å². The Morgan fingerprint density at radius 1 is 1.33 bits per heavy atom. The first-order valence-electron chi connectivity index (χ1n) is 4.91. The van der Waals surface area contributed by atoms with Crippen molar-refractivity contribution in [2.24, 2.45) is 0 Å². The van der Waals surface area contributed by atoms with E-state index in [4.69, 9.17) is 4.74 Å². The second kappa shape index (κ2) is 5.35. The van der Waals surface area contributed by atoms with E-state index in [0.29, 0.717) is 0 Å². The lowest BCUT2D eigenvalue weighted by Gasteiger charge is -2.24. The molecule has 0 atom stereocenters. The molecule has 0 unspecified atom stereocenters. The van der Waals surface area contributed by atoms with Crippen LogP contribution >= 0.6 is 31.9 Å².